The van der Waals surface area contributed by atoms with Gasteiger partial charge < -0.3 is 39.4 Å². The monoisotopic (exact) mass is 935 g/mol. The number of carbonyl (C=O) groups excluding carboxylic acids is 2. The molecule has 0 saturated carbocycles. The molecule has 1 rings (SSSR count). The molecule has 1 aliphatic rings. The summed E-state index contributed by atoms with van der Waals surface area (Å²) in [7, 11) is 0. The van der Waals surface area contributed by atoms with Gasteiger partial charge in [0.05, 0.1) is 13.2 Å². The van der Waals surface area contributed by atoms with E-state index in [0.29, 0.717) is 6.42 Å². The molecule has 0 spiro atoms. The number of unbranched alkanes of at least 4 members (excludes halogenated alkanes) is 30. The van der Waals surface area contributed by atoms with Crippen molar-refractivity contribution < 1.29 is 49.0 Å². The average Bonchev–Trinajstić information content (AvgIpc) is 3.32. The number of hydrogen-bond donors (Lipinski definition) is 4. The van der Waals surface area contributed by atoms with Gasteiger partial charge in [-0.25, -0.2) is 0 Å². The molecule has 4 N–H and O–H groups in total. The van der Waals surface area contributed by atoms with Crippen LogP contribution >= 0.6 is 0 Å². The summed E-state index contributed by atoms with van der Waals surface area (Å²) in [5.41, 5.74) is 0. The summed E-state index contributed by atoms with van der Waals surface area (Å²) in [6, 6.07) is 0. The molecule has 66 heavy (non-hydrogen) atoms. The fraction of sp³-hybridized carbons (Fsp3) is 0.857. The van der Waals surface area contributed by atoms with Gasteiger partial charge in [-0.1, -0.05) is 230 Å². The Labute approximate surface area is 404 Å². The Balaban J connectivity index is 2.20. The summed E-state index contributed by atoms with van der Waals surface area (Å²) in [5, 5.41) is 40.2. The number of aliphatic hydroxyl groups is 4. The van der Waals surface area contributed by atoms with Gasteiger partial charge in [-0.3, -0.25) is 9.59 Å². The molecule has 6 atom stereocenters. The summed E-state index contributed by atoms with van der Waals surface area (Å²) in [5.74, 6) is -0.806. The second-order valence-electron chi connectivity index (χ2n) is 19.0. The van der Waals surface area contributed by atoms with Crippen LogP contribution in [0.15, 0.2) is 36.5 Å². The van der Waals surface area contributed by atoms with Crippen molar-refractivity contribution >= 4 is 11.9 Å². The van der Waals surface area contributed by atoms with Gasteiger partial charge in [-0.05, 0) is 44.9 Å². The first kappa shape index (κ1) is 61.9. The third kappa shape index (κ3) is 36.9. The fourth-order valence-electron chi connectivity index (χ4n) is 8.50. The second-order valence-corrected chi connectivity index (χ2v) is 19.0. The van der Waals surface area contributed by atoms with Gasteiger partial charge in [0, 0.05) is 12.8 Å². The predicted octanol–water partition coefficient (Wildman–Crippen LogP) is 13.4. The molecule has 10 heteroatoms. The highest BCUT2D eigenvalue weighted by molar-refractivity contribution is 5.70. The van der Waals surface area contributed by atoms with E-state index in [9.17, 15) is 30.0 Å². The Morgan fingerprint density at radius 3 is 1.35 bits per heavy atom. The van der Waals surface area contributed by atoms with E-state index in [1.54, 1.807) is 0 Å². The van der Waals surface area contributed by atoms with Crippen LogP contribution in [0, 0.1) is 0 Å². The highest BCUT2D eigenvalue weighted by atomic mass is 16.7. The molecule has 0 aromatic carbocycles. The van der Waals surface area contributed by atoms with Crippen LogP contribution in [0.2, 0.25) is 0 Å². The SMILES string of the molecule is CC/C=C\C/C=C\C/C=C\CCCCCCCCCC(=O)OC(COC(=O)CCCCCCCCCCCCCCCCCCCCCCCCCC)COC1OC(CO)C(O)C(O)C1O. The van der Waals surface area contributed by atoms with Gasteiger partial charge in [0.25, 0.3) is 0 Å². The van der Waals surface area contributed by atoms with Crippen LogP contribution in [0.5, 0.6) is 0 Å². The van der Waals surface area contributed by atoms with Crippen LogP contribution in [-0.2, 0) is 28.5 Å². The van der Waals surface area contributed by atoms with Crippen molar-refractivity contribution in [3.63, 3.8) is 0 Å². The number of carbonyl (C=O) groups is 2. The highest BCUT2D eigenvalue weighted by Gasteiger charge is 2.44. The maximum Gasteiger partial charge on any atom is 0.306 e. The maximum absolute atomic E-state index is 12.8. The summed E-state index contributed by atoms with van der Waals surface area (Å²) in [6.07, 6.45) is 48.8. The molecule has 0 aromatic rings. The third-order valence-electron chi connectivity index (χ3n) is 12.8. The van der Waals surface area contributed by atoms with Gasteiger partial charge >= 0.3 is 11.9 Å². The van der Waals surface area contributed by atoms with E-state index >= 15 is 0 Å². The Morgan fingerprint density at radius 1 is 0.485 bits per heavy atom. The van der Waals surface area contributed by atoms with Crippen molar-refractivity contribution in [3.8, 4) is 0 Å². The lowest BCUT2D eigenvalue weighted by molar-refractivity contribution is -0.305. The summed E-state index contributed by atoms with van der Waals surface area (Å²) >= 11 is 0. The molecule has 10 nitrogen and oxygen atoms in total. The van der Waals surface area contributed by atoms with Crippen LogP contribution in [-0.4, -0.2) is 89.0 Å². The molecule has 0 radical (unpaired) electrons. The molecule has 1 aliphatic heterocycles. The topological polar surface area (TPSA) is 152 Å². The van der Waals surface area contributed by atoms with Crippen LogP contribution in [0.1, 0.15) is 251 Å². The third-order valence-corrected chi connectivity index (χ3v) is 12.8. The molecule has 0 aliphatic carbocycles. The Kier molecular flexibility index (Phi) is 43.8. The lowest BCUT2D eigenvalue weighted by Gasteiger charge is -2.39. The zero-order valence-corrected chi connectivity index (χ0v) is 42.5. The number of ether oxygens (including phenoxy) is 4. The summed E-state index contributed by atoms with van der Waals surface area (Å²) in [4.78, 5) is 25.5. The van der Waals surface area contributed by atoms with Crippen molar-refractivity contribution in [2.24, 2.45) is 0 Å². The molecule has 386 valence electrons. The van der Waals surface area contributed by atoms with Crippen LogP contribution in [0.4, 0.5) is 0 Å². The number of rotatable bonds is 47. The van der Waals surface area contributed by atoms with Gasteiger partial charge in [0.2, 0.25) is 0 Å². The molecule has 1 heterocycles. The largest absolute Gasteiger partial charge is 0.462 e. The van der Waals surface area contributed by atoms with Gasteiger partial charge in [0.15, 0.2) is 12.4 Å². The first-order chi connectivity index (χ1) is 32.3. The zero-order chi connectivity index (χ0) is 48.0. The molecule has 0 aromatic heterocycles. The van der Waals surface area contributed by atoms with Gasteiger partial charge in [-0.15, -0.1) is 0 Å². The van der Waals surface area contributed by atoms with Gasteiger partial charge in [0.1, 0.15) is 31.0 Å². The molecule has 1 saturated heterocycles. The number of aliphatic hydroxyl groups excluding tert-OH is 4. The van der Waals surface area contributed by atoms with E-state index < -0.39 is 49.4 Å². The van der Waals surface area contributed by atoms with Crippen molar-refractivity contribution in [2.75, 3.05) is 19.8 Å². The van der Waals surface area contributed by atoms with Crippen LogP contribution in [0.3, 0.4) is 0 Å². The van der Waals surface area contributed by atoms with E-state index in [-0.39, 0.29) is 32.0 Å². The fourth-order valence-corrected chi connectivity index (χ4v) is 8.50. The van der Waals surface area contributed by atoms with E-state index in [2.05, 4.69) is 50.3 Å². The minimum atomic E-state index is -1.60. The van der Waals surface area contributed by atoms with Crippen molar-refractivity contribution in [2.45, 2.75) is 288 Å². The second kappa shape index (κ2) is 46.6. The quantitative estimate of drug-likeness (QED) is 0.0264. The summed E-state index contributed by atoms with van der Waals surface area (Å²) in [6.45, 7) is 3.35. The summed E-state index contributed by atoms with van der Waals surface area (Å²) < 4.78 is 22.3. The molecular weight excluding hydrogens is 833 g/mol. The molecule has 0 amide bonds. The molecular formula is C56H102O10. The average molecular weight is 935 g/mol. The van der Waals surface area contributed by atoms with E-state index in [1.165, 1.54) is 154 Å². The number of allylic oxidation sites excluding steroid dienone is 6. The van der Waals surface area contributed by atoms with Crippen molar-refractivity contribution in [1.29, 1.82) is 0 Å². The molecule has 0 bridgehead atoms. The number of esters is 2. The van der Waals surface area contributed by atoms with Crippen molar-refractivity contribution in [1.82, 2.24) is 0 Å². The number of hydrogen-bond acceptors (Lipinski definition) is 10. The first-order valence-corrected chi connectivity index (χ1v) is 27.6. The molecule has 1 fully saturated rings. The Hall–Kier alpha value is -2.08. The normalized spacial score (nSPS) is 19.4. The minimum Gasteiger partial charge on any atom is -0.462 e. The lowest BCUT2D eigenvalue weighted by Crippen LogP contribution is -2.59. The van der Waals surface area contributed by atoms with Crippen molar-refractivity contribution in [3.05, 3.63) is 36.5 Å². The Morgan fingerprint density at radius 2 is 0.894 bits per heavy atom. The van der Waals surface area contributed by atoms with E-state index in [4.69, 9.17) is 18.9 Å². The smallest absolute Gasteiger partial charge is 0.306 e. The van der Waals surface area contributed by atoms with Crippen LogP contribution < -0.4 is 0 Å². The zero-order valence-electron chi connectivity index (χ0n) is 42.5. The van der Waals surface area contributed by atoms with E-state index in [0.717, 1.165) is 64.2 Å². The lowest BCUT2D eigenvalue weighted by atomic mass is 9.99. The predicted molar refractivity (Wildman–Crippen MR) is 270 cm³/mol. The first-order valence-electron chi connectivity index (χ1n) is 27.6. The van der Waals surface area contributed by atoms with Gasteiger partial charge in [-0.2, -0.15) is 0 Å². The minimum absolute atomic E-state index is 0.218. The highest BCUT2D eigenvalue weighted by Crippen LogP contribution is 2.23. The maximum atomic E-state index is 12.8. The standard InChI is InChI=1S/C56H102O10/c1-3-5-7-9-11-13-15-17-19-21-22-23-24-25-26-27-29-30-32-34-36-38-40-42-44-51(58)63-47-49(48-64-56-55(62)54(61)53(60)50(46-57)66-56)65-52(59)45-43-41-39-37-35-33-31-28-20-18-16-14-12-10-8-6-4-2/h6,8,12,14,18,20,49-50,53-57,60-62H,3-5,7,9-11,13,15-17,19,21-48H2,1-2H3/b8-6-,14-12-,20-18-. The van der Waals surface area contributed by atoms with E-state index in [1.807, 2.05) is 0 Å². The van der Waals surface area contributed by atoms with Crippen LogP contribution in [0.25, 0.3) is 0 Å². The Bertz CT molecular complexity index is 1170. The molecule has 6 unspecified atom stereocenters.